The van der Waals surface area contributed by atoms with Gasteiger partial charge in [0, 0.05) is 16.9 Å². The summed E-state index contributed by atoms with van der Waals surface area (Å²) in [6.07, 6.45) is 3.50. The van der Waals surface area contributed by atoms with Crippen LogP contribution >= 0.6 is 15.9 Å². The van der Waals surface area contributed by atoms with Crippen molar-refractivity contribution in [3.8, 4) is 0 Å². The van der Waals surface area contributed by atoms with E-state index in [1.54, 1.807) is 12.4 Å². The second kappa shape index (κ2) is 7.19. The molecule has 1 aromatic carbocycles. The molecule has 0 bridgehead atoms. The molecule has 3 rings (SSSR count). The number of aromatic nitrogens is 3. The third-order valence-electron chi connectivity index (χ3n) is 3.20. The Morgan fingerprint density at radius 1 is 1.04 bits per heavy atom. The molecular weight excluding hydrogens is 354 g/mol. The van der Waals surface area contributed by atoms with Crippen LogP contribution < -0.4 is 10.6 Å². The first kappa shape index (κ1) is 15.4. The Morgan fingerprint density at radius 3 is 2.74 bits per heavy atom. The van der Waals surface area contributed by atoms with E-state index < -0.39 is 0 Å². The summed E-state index contributed by atoms with van der Waals surface area (Å²) in [4.78, 5) is 13.0. The Labute approximate surface area is 143 Å². The van der Waals surface area contributed by atoms with Crippen LogP contribution in [0.25, 0.3) is 0 Å². The Bertz CT molecular complexity index is 792. The lowest BCUT2D eigenvalue weighted by molar-refractivity contribution is 1.02. The van der Waals surface area contributed by atoms with Gasteiger partial charge in [-0.05, 0) is 58.7 Å². The molecule has 2 aromatic heterocycles. The fourth-order valence-corrected chi connectivity index (χ4v) is 2.64. The van der Waals surface area contributed by atoms with Crippen molar-refractivity contribution in [2.45, 2.75) is 13.5 Å². The first-order chi connectivity index (χ1) is 11.2. The fourth-order valence-electron chi connectivity index (χ4n) is 2.04. The van der Waals surface area contributed by atoms with Crippen molar-refractivity contribution in [3.05, 3.63) is 70.6 Å². The summed E-state index contributed by atoms with van der Waals surface area (Å²) in [5, 5.41) is 6.46. The highest BCUT2D eigenvalue weighted by Crippen LogP contribution is 2.25. The van der Waals surface area contributed by atoms with Gasteiger partial charge in [0.05, 0.1) is 17.9 Å². The Balaban J connectivity index is 1.69. The molecule has 2 heterocycles. The molecule has 0 amide bonds. The van der Waals surface area contributed by atoms with E-state index in [0.29, 0.717) is 12.5 Å². The summed E-state index contributed by atoms with van der Waals surface area (Å²) < 4.78 is 0.980. The van der Waals surface area contributed by atoms with Crippen molar-refractivity contribution in [2.75, 3.05) is 10.6 Å². The average Bonchev–Trinajstić information content (AvgIpc) is 2.57. The Kier molecular flexibility index (Phi) is 4.83. The smallest absolute Gasteiger partial charge is 0.229 e. The summed E-state index contributed by atoms with van der Waals surface area (Å²) in [6.45, 7) is 2.67. The molecule has 0 aliphatic rings. The molecule has 0 unspecified atom stereocenters. The van der Waals surface area contributed by atoms with Crippen LogP contribution in [0, 0.1) is 6.92 Å². The number of aryl methyl sites for hydroxylation is 1. The van der Waals surface area contributed by atoms with Crippen molar-refractivity contribution >= 4 is 33.4 Å². The molecule has 0 spiro atoms. The van der Waals surface area contributed by atoms with Crippen LogP contribution in [0.2, 0.25) is 0 Å². The summed E-state index contributed by atoms with van der Waals surface area (Å²) in [6, 6.07) is 13.7. The minimum absolute atomic E-state index is 0.542. The fraction of sp³-hybridized carbons (Fsp3) is 0.118. The maximum absolute atomic E-state index is 4.46. The largest absolute Gasteiger partial charge is 0.364 e. The molecule has 0 atom stereocenters. The Hall–Kier alpha value is -2.47. The molecule has 0 fully saturated rings. The highest BCUT2D eigenvalue weighted by Gasteiger charge is 2.04. The van der Waals surface area contributed by atoms with Crippen LogP contribution in [0.3, 0.4) is 0 Å². The number of pyridine rings is 1. The predicted octanol–water partition coefficient (Wildman–Crippen LogP) is 4.30. The summed E-state index contributed by atoms with van der Waals surface area (Å²) in [5.41, 5.74) is 3.08. The lowest BCUT2D eigenvalue weighted by Crippen LogP contribution is -2.05. The van der Waals surface area contributed by atoms with Gasteiger partial charge in [0.15, 0.2) is 0 Å². The SMILES string of the molecule is Cc1ccc(Nc2nccc(NCc3ccccn3)n2)c(Br)c1. The van der Waals surface area contributed by atoms with Crippen LogP contribution in [0.1, 0.15) is 11.3 Å². The first-order valence-electron chi connectivity index (χ1n) is 7.21. The number of hydrogen-bond acceptors (Lipinski definition) is 5. The van der Waals surface area contributed by atoms with Crippen molar-refractivity contribution in [1.82, 2.24) is 15.0 Å². The monoisotopic (exact) mass is 369 g/mol. The van der Waals surface area contributed by atoms with Gasteiger partial charge in [-0.1, -0.05) is 12.1 Å². The highest BCUT2D eigenvalue weighted by molar-refractivity contribution is 9.10. The lowest BCUT2D eigenvalue weighted by atomic mass is 10.2. The molecular formula is C17H16BrN5. The van der Waals surface area contributed by atoms with E-state index in [2.05, 4.69) is 41.5 Å². The third kappa shape index (κ3) is 4.26. The molecule has 0 aliphatic carbocycles. The number of halogens is 1. The molecule has 0 saturated heterocycles. The van der Waals surface area contributed by atoms with Crippen LogP contribution in [0.15, 0.2) is 59.3 Å². The highest BCUT2D eigenvalue weighted by atomic mass is 79.9. The minimum Gasteiger partial charge on any atom is -0.364 e. The molecule has 0 radical (unpaired) electrons. The minimum atomic E-state index is 0.542. The third-order valence-corrected chi connectivity index (χ3v) is 3.86. The lowest BCUT2D eigenvalue weighted by Gasteiger charge is -2.10. The van der Waals surface area contributed by atoms with Gasteiger partial charge in [-0.15, -0.1) is 0 Å². The van der Waals surface area contributed by atoms with Gasteiger partial charge in [0.2, 0.25) is 5.95 Å². The normalized spacial score (nSPS) is 10.3. The quantitative estimate of drug-likeness (QED) is 0.701. The zero-order valence-electron chi connectivity index (χ0n) is 12.6. The van der Waals surface area contributed by atoms with Crippen LogP contribution in [-0.2, 0) is 6.54 Å². The maximum Gasteiger partial charge on any atom is 0.229 e. The van der Waals surface area contributed by atoms with Crippen molar-refractivity contribution in [2.24, 2.45) is 0 Å². The van der Waals surface area contributed by atoms with Gasteiger partial charge in [-0.3, -0.25) is 4.98 Å². The van der Waals surface area contributed by atoms with Gasteiger partial charge < -0.3 is 10.6 Å². The Morgan fingerprint density at radius 2 is 1.96 bits per heavy atom. The predicted molar refractivity (Wildman–Crippen MR) is 95.8 cm³/mol. The number of nitrogens with one attached hydrogen (secondary N) is 2. The molecule has 0 saturated carbocycles. The zero-order chi connectivity index (χ0) is 16.1. The summed E-state index contributed by atoms with van der Waals surface area (Å²) in [5.74, 6) is 1.29. The van der Waals surface area contributed by atoms with Crippen LogP contribution in [0.4, 0.5) is 17.5 Å². The van der Waals surface area contributed by atoms with E-state index in [1.807, 2.05) is 49.4 Å². The van der Waals surface area contributed by atoms with E-state index >= 15 is 0 Å². The second-order valence-electron chi connectivity index (χ2n) is 5.05. The standard InChI is InChI=1S/C17H16BrN5/c1-12-5-6-15(14(18)10-12)22-17-20-9-7-16(23-17)21-11-13-4-2-3-8-19-13/h2-10H,11H2,1H3,(H2,20,21,22,23). The molecule has 0 aliphatic heterocycles. The van der Waals surface area contributed by atoms with Crippen molar-refractivity contribution in [3.63, 3.8) is 0 Å². The molecule has 6 heteroatoms. The number of anilines is 3. The van der Waals surface area contributed by atoms with Crippen LogP contribution in [0.5, 0.6) is 0 Å². The van der Waals surface area contributed by atoms with Gasteiger partial charge in [-0.25, -0.2) is 4.98 Å². The van der Waals surface area contributed by atoms with E-state index in [4.69, 9.17) is 0 Å². The summed E-state index contributed by atoms with van der Waals surface area (Å²) in [7, 11) is 0. The number of benzene rings is 1. The zero-order valence-corrected chi connectivity index (χ0v) is 14.2. The number of rotatable bonds is 5. The molecule has 23 heavy (non-hydrogen) atoms. The van der Waals surface area contributed by atoms with E-state index in [-0.39, 0.29) is 0 Å². The molecule has 3 aromatic rings. The average molecular weight is 370 g/mol. The van der Waals surface area contributed by atoms with Crippen molar-refractivity contribution < 1.29 is 0 Å². The molecule has 116 valence electrons. The van der Waals surface area contributed by atoms with E-state index in [9.17, 15) is 0 Å². The van der Waals surface area contributed by atoms with Gasteiger partial charge >= 0.3 is 0 Å². The van der Waals surface area contributed by atoms with Gasteiger partial charge in [0.1, 0.15) is 5.82 Å². The number of hydrogen-bond donors (Lipinski definition) is 2. The summed E-state index contributed by atoms with van der Waals surface area (Å²) >= 11 is 3.54. The van der Waals surface area contributed by atoms with E-state index in [0.717, 1.165) is 21.7 Å². The maximum atomic E-state index is 4.46. The first-order valence-corrected chi connectivity index (χ1v) is 8.00. The second-order valence-corrected chi connectivity index (χ2v) is 5.90. The van der Waals surface area contributed by atoms with E-state index in [1.165, 1.54) is 5.56 Å². The molecule has 2 N–H and O–H groups in total. The topological polar surface area (TPSA) is 62.7 Å². The van der Waals surface area contributed by atoms with Crippen LogP contribution in [-0.4, -0.2) is 15.0 Å². The number of nitrogens with zero attached hydrogens (tertiary/aromatic N) is 3. The molecule has 5 nitrogen and oxygen atoms in total. The van der Waals surface area contributed by atoms with Gasteiger partial charge in [-0.2, -0.15) is 4.98 Å². The van der Waals surface area contributed by atoms with Crippen molar-refractivity contribution in [1.29, 1.82) is 0 Å². The van der Waals surface area contributed by atoms with Gasteiger partial charge in [0.25, 0.3) is 0 Å².